The third-order valence-electron chi connectivity index (χ3n) is 3.52. The van der Waals surface area contributed by atoms with Crippen LogP contribution < -0.4 is 10.2 Å². The minimum absolute atomic E-state index is 0.573. The van der Waals surface area contributed by atoms with Crippen molar-refractivity contribution in [3.63, 3.8) is 0 Å². The van der Waals surface area contributed by atoms with E-state index < -0.39 is 0 Å². The Bertz CT molecular complexity index is 362. The van der Waals surface area contributed by atoms with E-state index >= 15 is 0 Å². The molecule has 20 heavy (non-hydrogen) atoms. The number of nitrogens with zero attached hydrogens (tertiary/aromatic N) is 2. The van der Waals surface area contributed by atoms with Gasteiger partial charge in [0.05, 0.1) is 5.69 Å². The van der Waals surface area contributed by atoms with Gasteiger partial charge in [-0.05, 0) is 32.2 Å². The highest BCUT2D eigenvalue weighted by Crippen LogP contribution is 2.24. The predicted molar refractivity (Wildman–Crippen MR) is 90.7 cm³/mol. The summed E-state index contributed by atoms with van der Waals surface area (Å²) in [5.41, 5.74) is 1.18. The van der Waals surface area contributed by atoms with Crippen LogP contribution in [0.1, 0.15) is 59.6 Å². The van der Waals surface area contributed by atoms with Crippen molar-refractivity contribution in [1.82, 2.24) is 10.3 Å². The van der Waals surface area contributed by atoms with E-state index in [4.69, 9.17) is 4.98 Å². The van der Waals surface area contributed by atoms with E-state index in [1.807, 2.05) is 0 Å². The van der Waals surface area contributed by atoms with Crippen molar-refractivity contribution in [3.05, 3.63) is 11.1 Å². The van der Waals surface area contributed by atoms with Crippen LogP contribution in [0.3, 0.4) is 0 Å². The SMILES string of the molecule is CCCCN(c1nc(CNCC(C)C)cs1)C(C)CC. The minimum atomic E-state index is 0.573. The smallest absolute Gasteiger partial charge is 0.185 e. The van der Waals surface area contributed by atoms with Crippen LogP contribution in [0.15, 0.2) is 5.38 Å². The maximum absolute atomic E-state index is 4.81. The molecule has 0 amide bonds. The van der Waals surface area contributed by atoms with Crippen LogP contribution in [0.4, 0.5) is 5.13 Å². The minimum Gasteiger partial charge on any atom is -0.345 e. The van der Waals surface area contributed by atoms with Crippen molar-refractivity contribution in [2.24, 2.45) is 5.92 Å². The van der Waals surface area contributed by atoms with Gasteiger partial charge in [-0.25, -0.2) is 4.98 Å². The zero-order valence-corrected chi connectivity index (χ0v) is 14.6. The molecule has 0 bridgehead atoms. The normalized spacial score (nSPS) is 12.9. The molecule has 0 radical (unpaired) electrons. The molecule has 0 aliphatic carbocycles. The molecule has 0 saturated heterocycles. The quantitative estimate of drug-likeness (QED) is 0.698. The van der Waals surface area contributed by atoms with Crippen molar-refractivity contribution in [2.45, 2.75) is 66.5 Å². The van der Waals surface area contributed by atoms with Crippen LogP contribution in [-0.4, -0.2) is 24.1 Å². The summed E-state index contributed by atoms with van der Waals surface area (Å²) in [5.74, 6) is 0.689. The van der Waals surface area contributed by atoms with Gasteiger partial charge in [0, 0.05) is 24.5 Å². The van der Waals surface area contributed by atoms with Gasteiger partial charge in [-0.2, -0.15) is 0 Å². The molecule has 1 atom stereocenters. The molecule has 3 nitrogen and oxygen atoms in total. The van der Waals surface area contributed by atoms with Gasteiger partial charge in [0.2, 0.25) is 0 Å². The Hall–Kier alpha value is -0.610. The first-order valence-electron chi connectivity index (χ1n) is 8.00. The molecule has 0 aliphatic rings. The summed E-state index contributed by atoms with van der Waals surface area (Å²) in [6.45, 7) is 14.3. The summed E-state index contributed by atoms with van der Waals surface area (Å²) in [6.07, 6.45) is 3.65. The van der Waals surface area contributed by atoms with Crippen LogP contribution >= 0.6 is 11.3 Å². The van der Waals surface area contributed by atoms with E-state index in [2.05, 4.69) is 50.2 Å². The number of nitrogens with one attached hydrogen (secondary N) is 1. The lowest BCUT2D eigenvalue weighted by Gasteiger charge is -2.28. The van der Waals surface area contributed by atoms with Crippen LogP contribution in [0.25, 0.3) is 0 Å². The molecule has 116 valence electrons. The Morgan fingerprint density at radius 1 is 1.30 bits per heavy atom. The highest BCUT2D eigenvalue weighted by atomic mass is 32.1. The average Bonchev–Trinajstić information content (AvgIpc) is 2.87. The molecule has 1 aromatic rings. The molecule has 0 aliphatic heterocycles. The van der Waals surface area contributed by atoms with E-state index in [0.29, 0.717) is 12.0 Å². The first-order valence-corrected chi connectivity index (χ1v) is 8.88. The van der Waals surface area contributed by atoms with Gasteiger partial charge in [0.1, 0.15) is 0 Å². The van der Waals surface area contributed by atoms with Gasteiger partial charge in [0.25, 0.3) is 0 Å². The molecule has 1 unspecified atom stereocenters. The van der Waals surface area contributed by atoms with Gasteiger partial charge >= 0.3 is 0 Å². The number of thiazole rings is 1. The number of anilines is 1. The highest BCUT2D eigenvalue weighted by molar-refractivity contribution is 7.13. The Morgan fingerprint density at radius 3 is 2.65 bits per heavy atom. The second kappa shape index (κ2) is 9.35. The van der Waals surface area contributed by atoms with Gasteiger partial charge in [-0.15, -0.1) is 11.3 Å². The van der Waals surface area contributed by atoms with Crippen LogP contribution in [0, 0.1) is 5.92 Å². The maximum atomic E-state index is 4.81. The monoisotopic (exact) mass is 297 g/mol. The van der Waals surface area contributed by atoms with Crippen molar-refractivity contribution < 1.29 is 0 Å². The van der Waals surface area contributed by atoms with E-state index in [9.17, 15) is 0 Å². The van der Waals surface area contributed by atoms with Gasteiger partial charge in [-0.1, -0.05) is 34.1 Å². The first kappa shape index (κ1) is 17.4. The lowest BCUT2D eigenvalue weighted by molar-refractivity contribution is 0.548. The molecule has 1 aromatic heterocycles. The van der Waals surface area contributed by atoms with Crippen LogP contribution in [0.2, 0.25) is 0 Å². The standard InChI is InChI=1S/C16H31N3S/c1-6-8-9-19(14(5)7-2)16-18-15(12-20-16)11-17-10-13(3)4/h12-14,17H,6-11H2,1-5H3. The fraction of sp³-hybridized carbons (Fsp3) is 0.812. The summed E-state index contributed by atoms with van der Waals surface area (Å²) in [6, 6.07) is 0.573. The topological polar surface area (TPSA) is 28.2 Å². The van der Waals surface area contributed by atoms with Crippen molar-refractivity contribution in [2.75, 3.05) is 18.0 Å². The molecule has 1 heterocycles. The predicted octanol–water partition coefficient (Wildman–Crippen LogP) is 4.29. The molecular weight excluding hydrogens is 266 g/mol. The number of aromatic nitrogens is 1. The fourth-order valence-corrected chi connectivity index (χ4v) is 3.01. The summed E-state index contributed by atoms with van der Waals surface area (Å²) in [5, 5.41) is 6.85. The highest BCUT2D eigenvalue weighted by Gasteiger charge is 2.15. The summed E-state index contributed by atoms with van der Waals surface area (Å²) in [7, 11) is 0. The zero-order valence-electron chi connectivity index (χ0n) is 13.8. The molecule has 0 aromatic carbocycles. The van der Waals surface area contributed by atoms with Gasteiger partial charge in [-0.3, -0.25) is 0 Å². The van der Waals surface area contributed by atoms with E-state index in [0.717, 1.165) is 19.6 Å². The molecule has 0 saturated carbocycles. The van der Waals surface area contributed by atoms with Crippen molar-refractivity contribution >= 4 is 16.5 Å². The molecule has 1 N–H and O–H groups in total. The second-order valence-electron chi connectivity index (χ2n) is 5.95. The average molecular weight is 298 g/mol. The van der Waals surface area contributed by atoms with E-state index in [1.165, 1.54) is 30.1 Å². The lowest BCUT2D eigenvalue weighted by atomic mass is 10.2. The second-order valence-corrected chi connectivity index (χ2v) is 6.79. The summed E-state index contributed by atoms with van der Waals surface area (Å²) < 4.78 is 0. The summed E-state index contributed by atoms with van der Waals surface area (Å²) >= 11 is 1.79. The Morgan fingerprint density at radius 2 is 2.05 bits per heavy atom. The third-order valence-corrected chi connectivity index (χ3v) is 4.45. The van der Waals surface area contributed by atoms with Crippen LogP contribution in [-0.2, 0) is 6.54 Å². The van der Waals surface area contributed by atoms with E-state index in [1.54, 1.807) is 11.3 Å². The Balaban J connectivity index is 2.60. The Labute approximate surface area is 128 Å². The maximum Gasteiger partial charge on any atom is 0.185 e. The van der Waals surface area contributed by atoms with Crippen LogP contribution in [0.5, 0.6) is 0 Å². The zero-order chi connectivity index (χ0) is 15.0. The van der Waals surface area contributed by atoms with Crippen molar-refractivity contribution in [1.29, 1.82) is 0 Å². The first-order chi connectivity index (χ1) is 9.58. The van der Waals surface area contributed by atoms with Gasteiger partial charge in [0.15, 0.2) is 5.13 Å². The summed E-state index contributed by atoms with van der Waals surface area (Å²) in [4.78, 5) is 7.28. The molecule has 1 rings (SSSR count). The lowest BCUT2D eigenvalue weighted by Crippen LogP contribution is -2.33. The molecule has 4 heteroatoms. The molecule has 0 fully saturated rings. The Kier molecular flexibility index (Phi) is 8.15. The largest absolute Gasteiger partial charge is 0.345 e. The van der Waals surface area contributed by atoms with Crippen molar-refractivity contribution in [3.8, 4) is 0 Å². The third kappa shape index (κ3) is 5.80. The van der Waals surface area contributed by atoms with E-state index in [-0.39, 0.29) is 0 Å². The fourth-order valence-electron chi connectivity index (χ4n) is 2.05. The molecular formula is C16H31N3S. The number of unbranched alkanes of at least 4 members (excludes halogenated alkanes) is 1. The number of hydrogen-bond donors (Lipinski definition) is 1. The number of rotatable bonds is 10. The molecule has 0 spiro atoms. The number of hydrogen-bond acceptors (Lipinski definition) is 4. The van der Waals surface area contributed by atoms with Gasteiger partial charge < -0.3 is 10.2 Å².